The average molecular weight is 242 g/mol. The Morgan fingerprint density at radius 3 is 1.50 bits per heavy atom. The highest BCUT2D eigenvalue weighted by Gasteiger charge is 2.07. The topological polar surface area (TPSA) is 58.2 Å². The van der Waals surface area contributed by atoms with E-state index in [1.165, 1.54) is 13.8 Å². The van der Waals surface area contributed by atoms with Crippen LogP contribution < -0.4 is 10.6 Å². The van der Waals surface area contributed by atoms with Crippen molar-refractivity contribution >= 4 is 34.0 Å². The molecule has 2 amide bonds. The monoisotopic (exact) mass is 242 g/mol. The zero-order chi connectivity index (χ0) is 13.1. The van der Waals surface area contributed by atoms with E-state index in [1.54, 1.807) is 12.1 Å². The van der Waals surface area contributed by atoms with Gasteiger partial charge in [-0.2, -0.15) is 0 Å². The Morgan fingerprint density at radius 1 is 0.778 bits per heavy atom. The summed E-state index contributed by atoms with van der Waals surface area (Å²) in [5, 5.41) is 7.36. The third-order valence-corrected chi connectivity index (χ3v) is 2.55. The molecule has 0 spiro atoms. The molecule has 4 heteroatoms. The lowest BCUT2D eigenvalue weighted by molar-refractivity contribution is -0.115. The molecule has 0 saturated heterocycles. The Bertz CT molecular complexity index is 566. The van der Waals surface area contributed by atoms with Crippen LogP contribution in [0, 0.1) is 0 Å². The Morgan fingerprint density at radius 2 is 1.17 bits per heavy atom. The first-order valence-corrected chi connectivity index (χ1v) is 5.65. The van der Waals surface area contributed by atoms with Crippen molar-refractivity contribution in [1.82, 2.24) is 0 Å². The molecule has 0 aliphatic heterocycles. The number of hydrogen-bond acceptors (Lipinski definition) is 2. The Balaban J connectivity index is 2.58. The molecule has 2 N–H and O–H groups in total. The van der Waals surface area contributed by atoms with Gasteiger partial charge in [-0.15, -0.1) is 0 Å². The van der Waals surface area contributed by atoms with Crippen molar-refractivity contribution in [3.05, 3.63) is 36.4 Å². The summed E-state index contributed by atoms with van der Waals surface area (Å²) in [5.41, 5.74) is 1.49. The second kappa shape index (κ2) is 4.87. The number of amides is 2. The number of anilines is 2. The van der Waals surface area contributed by atoms with E-state index in [-0.39, 0.29) is 11.8 Å². The highest BCUT2D eigenvalue weighted by molar-refractivity contribution is 6.08. The normalized spacial score (nSPS) is 10.1. The first-order valence-electron chi connectivity index (χ1n) is 5.65. The van der Waals surface area contributed by atoms with Crippen LogP contribution in [0.4, 0.5) is 11.4 Å². The minimum atomic E-state index is -0.118. The lowest BCUT2D eigenvalue weighted by atomic mass is 10.1. The van der Waals surface area contributed by atoms with Gasteiger partial charge in [0.2, 0.25) is 11.8 Å². The van der Waals surface area contributed by atoms with Crippen molar-refractivity contribution in [2.45, 2.75) is 13.8 Å². The van der Waals surface area contributed by atoms with Gasteiger partial charge in [-0.3, -0.25) is 9.59 Å². The molecule has 4 nitrogen and oxygen atoms in total. The molecule has 0 fully saturated rings. The molecule has 0 heterocycles. The Hall–Kier alpha value is -2.36. The number of carbonyl (C=O) groups excluding carboxylic acids is 2. The van der Waals surface area contributed by atoms with Crippen LogP contribution >= 0.6 is 0 Å². The van der Waals surface area contributed by atoms with Crippen molar-refractivity contribution in [2.24, 2.45) is 0 Å². The SMILES string of the molecule is CC(=O)Nc1ccc(NC(C)=O)c2ccccc12. The molecular weight excluding hydrogens is 228 g/mol. The fourth-order valence-corrected chi connectivity index (χ4v) is 1.90. The van der Waals surface area contributed by atoms with Gasteiger partial charge >= 0.3 is 0 Å². The van der Waals surface area contributed by atoms with Crippen molar-refractivity contribution in [3.63, 3.8) is 0 Å². The second-order valence-electron chi connectivity index (χ2n) is 4.07. The van der Waals surface area contributed by atoms with Gasteiger partial charge in [-0.1, -0.05) is 24.3 Å². The van der Waals surface area contributed by atoms with Crippen molar-refractivity contribution < 1.29 is 9.59 Å². The maximum atomic E-state index is 11.1. The largest absolute Gasteiger partial charge is 0.326 e. The quantitative estimate of drug-likeness (QED) is 0.850. The van der Waals surface area contributed by atoms with E-state index >= 15 is 0 Å². The molecule has 0 radical (unpaired) electrons. The number of hydrogen-bond donors (Lipinski definition) is 2. The molecule has 0 atom stereocenters. The van der Waals surface area contributed by atoms with Gasteiger partial charge < -0.3 is 10.6 Å². The predicted octanol–water partition coefficient (Wildman–Crippen LogP) is 2.76. The summed E-state index contributed by atoms with van der Waals surface area (Å²) in [5.74, 6) is -0.236. The highest BCUT2D eigenvalue weighted by atomic mass is 16.2. The van der Waals surface area contributed by atoms with Gasteiger partial charge in [0.15, 0.2) is 0 Å². The molecule has 92 valence electrons. The molecule has 0 aliphatic carbocycles. The summed E-state index contributed by atoms with van der Waals surface area (Å²) >= 11 is 0. The van der Waals surface area contributed by atoms with E-state index in [2.05, 4.69) is 10.6 Å². The molecule has 0 bridgehead atoms. The van der Waals surface area contributed by atoms with E-state index in [9.17, 15) is 9.59 Å². The molecule has 0 aromatic heterocycles. The van der Waals surface area contributed by atoms with E-state index in [0.717, 1.165) is 22.1 Å². The number of carbonyl (C=O) groups is 2. The van der Waals surface area contributed by atoms with Gasteiger partial charge in [-0.05, 0) is 12.1 Å². The van der Waals surface area contributed by atoms with Gasteiger partial charge in [0, 0.05) is 36.0 Å². The van der Waals surface area contributed by atoms with E-state index < -0.39 is 0 Å². The van der Waals surface area contributed by atoms with Gasteiger partial charge in [0.25, 0.3) is 0 Å². The van der Waals surface area contributed by atoms with Gasteiger partial charge in [0.05, 0.1) is 0 Å². The minimum Gasteiger partial charge on any atom is -0.326 e. The van der Waals surface area contributed by atoms with Crippen LogP contribution in [-0.2, 0) is 9.59 Å². The highest BCUT2D eigenvalue weighted by Crippen LogP contribution is 2.29. The van der Waals surface area contributed by atoms with E-state index in [0.29, 0.717) is 0 Å². The zero-order valence-electron chi connectivity index (χ0n) is 10.3. The standard InChI is InChI=1S/C14H14N2O2/c1-9(17)15-13-7-8-14(16-10(2)18)12-6-4-3-5-11(12)13/h3-8H,1-2H3,(H,15,17)(H,16,18). The lowest BCUT2D eigenvalue weighted by Gasteiger charge is -2.11. The minimum absolute atomic E-state index is 0.118. The van der Waals surface area contributed by atoms with Crippen LogP contribution in [0.1, 0.15) is 13.8 Å². The van der Waals surface area contributed by atoms with Crippen molar-refractivity contribution in [1.29, 1.82) is 0 Å². The molecule has 2 rings (SSSR count). The molecule has 0 unspecified atom stereocenters. The van der Waals surface area contributed by atoms with Crippen LogP contribution in [-0.4, -0.2) is 11.8 Å². The predicted molar refractivity (Wildman–Crippen MR) is 72.6 cm³/mol. The van der Waals surface area contributed by atoms with Gasteiger partial charge in [-0.25, -0.2) is 0 Å². The lowest BCUT2D eigenvalue weighted by Crippen LogP contribution is -2.08. The van der Waals surface area contributed by atoms with Crippen LogP contribution in [0.25, 0.3) is 10.8 Å². The summed E-state index contributed by atoms with van der Waals surface area (Å²) < 4.78 is 0. The third kappa shape index (κ3) is 2.48. The van der Waals surface area contributed by atoms with E-state index in [1.807, 2.05) is 24.3 Å². The summed E-state index contributed by atoms with van der Waals surface area (Å²) in [7, 11) is 0. The first-order chi connectivity index (χ1) is 8.58. The smallest absolute Gasteiger partial charge is 0.221 e. The number of benzene rings is 2. The summed E-state index contributed by atoms with van der Waals surface area (Å²) in [6.07, 6.45) is 0. The van der Waals surface area contributed by atoms with Crippen molar-refractivity contribution in [3.8, 4) is 0 Å². The summed E-state index contributed by atoms with van der Waals surface area (Å²) in [4.78, 5) is 22.3. The number of nitrogens with one attached hydrogen (secondary N) is 2. The third-order valence-electron chi connectivity index (χ3n) is 2.55. The van der Waals surface area contributed by atoms with Gasteiger partial charge in [0.1, 0.15) is 0 Å². The number of rotatable bonds is 2. The first kappa shape index (κ1) is 12.1. The Kier molecular flexibility index (Phi) is 3.28. The van der Waals surface area contributed by atoms with Crippen LogP contribution in [0.15, 0.2) is 36.4 Å². The van der Waals surface area contributed by atoms with Crippen LogP contribution in [0.3, 0.4) is 0 Å². The molecule has 0 saturated carbocycles. The molecular formula is C14H14N2O2. The second-order valence-corrected chi connectivity index (χ2v) is 4.07. The molecule has 2 aromatic carbocycles. The zero-order valence-corrected chi connectivity index (χ0v) is 10.3. The molecule has 2 aromatic rings. The summed E-state index contributed by atoms with van der Waals surface area (Å²) in [6, 6.07) is 11.2. The van der Waals surface area contributed by atoms with Crippen LogP contribution in [0.5, 0.6) is 0 Å². The average Bonchev–Trinajstić information content (AvgIpc) is 2.31. The van der Waals surface area contributed by atoms with Crippen molar-refractivity contribution in [2.75, 3.05) is 10.6 Å². The maximum absolute atomic E-state index is 11.1. The Labute approximate surface area is 105 Å². The number of fused-ring (bicyclic) bond motifs is 1. The fourth-order valence-electron chi connectivity index (χ4n) is 1.90. The van der Waals surface area contributed by atoms with Crippen LogP contribution in [0.2, 0.25) is 0 Å². The van der Waals surface area contributed by atoms with E-state index in [4.69, 9.17) is 0 Å². The molecule has 0 aliphatic rings. The fraction of sp³-hybridized carbons (Fsp3) is 0.143. The molecule has 18 heavy (non-hydrogen) atoms. The summed E-state index contributed by atoms with van der Waals surface area (Å²) in [6.45, 7) is 2.94. The maximum Gasteiger partial charge on any atom is 0.221 e.